The summed E-state index contributed by atoms with van der Waals surface area (Å²) in [5.74, 6) is 0.120. The van der Waals surface area contributed by atoms with Gasteiger partial charge < -0.3 is 20.5 Å². The van der Waals surface area contributed by atoms with Crippen LogP contribution in [0.1, 0.15) is 12.0 Å². The van der Waals surface area contributed by atoms with Gasteiger partial charge >= 0.3 is 0 Å². The number of rotatable bonds is 8. The molecule has 0 saturated carbocycles. The zero-order valence-electron chi connectivity index (χ0n) is 13.9. The second-order valence-electron chi connectivity index (χ2n) is 5.25. The van der Waals surface area contributed by atoms with Gasteiger partial charge in [-0.1, -0.05) is 18.2 Å². The molecule has 1 atom stereocenters. The van der Waals surface area contributed by atoms with Crippen molar-refractivity contribution in [2.24, 2.45) is 5.73 Å². The van der Waals surface area contributed by atoms with Gasteiger partial charge in [0.2, 0.25) is 5.91 Å². The molecule has 1 unspecified atom stereocenters. The summed E-state index contributed by atoms with van der Waals surface area (Å²) in [4.78, 5) is 11.9. The van der Waals surface area contributed by atoms with Gasteiger partial charge in [-0.25, -0.2) is 4.39 Å². The van der Waals surface area contributed by atoms with Crippen LogP contribution in [0.25, 0.3) is 0 Å². The minimum atomic E-state index is -0.298. The topological polar surface area (TPSA) is 73.6 Å². The van der Waals surface area contributed by atoms with Crippen LogP contribution in [0, 0.1) is 5.82 Å². The number of halogens is 2. The lowest BCUT2D eigenvalue weighted by Crippen LogP contribution is -2.28. The lowest BCUT2D eigenvalue weighted by molar-refractivity contribution is -0.118. The number of benzene rings is 2. The van der Waals surface area contributed by atoms with Crippen molar-refractivity contribution in [2.75, 3.05) is 19.0 Å². The number of carbonyl (C=O) groups is 1. The maximum absolute atomic E-state index is 13.5. The number of methoxy groups -OCH3 is 1. The Bertz CT molecular complexity index is 664. The Hall–Kier alpha value is -2.15. The quantitative estimate of drug-likeness (QED) is 0.750. The molecule has 0 spiro atoms. The molecule has 2 aromatic rings. The van der Waals surface area contributed by atoms with Gasteiger partial charge in [-0.15, -0.1) is 12.4 Å². The molecule has 1 amide bonds. The van der Waals surface area contributed by atoms with Crippen LogP contribution in [0.5, 0.6) is 5.75 Å². The molecular formula is C18H22ClFN2O3. The Labute approximate surface area is 152 Å². The van der Waals surface area contributed by atoms with E-state index in [1.807, 2.05) is 0 Å². The average molecular weight is 369 g/mol. The summed E-state index contributed by atoms with van der Waals surface area (Å²) in [6, 6.07) is 13.3. The number of carbonyl (C=O) groups excluding carboxylic acids is 1. The van der Waals surface area contributed by atoms with Crippen LogP contribution in [-0.4, -0.2) is 25.7 Å². The lowest BCUT2D eigenvalue weighted by atomic mass is 10.2. The van der Waals surface area contributed by atoms with Crippen LogP contribution in [0.2, 0.25) is 0 Å². The SMILES string of the molecule is COC(CN)CC(=O)Nc1ccc(OCc2ccccc2F)cc1.Cl. The molecule has 0 aliphatic carbocycles. The molecule has 136 valence electrons. The highest BCUT2D eigenvalue weighted by molar-refractivity contribution is 5.91. The van der Waals surface area contributed by atoms with E-state index in [1.165, 1.54) is 13.2 Å². The van der Waals surface area contributed by atoms with Crippen molar-refractivity contribution >= 4 is 24.0 Å². The normalized spacial score (nSPS) is 11.3. The van der Waals surface area contributed by atoms with E-state index >= 15 is 0 Å². The number of nitrogens with one attached hydrogen (secondary N) is 1. The van der Waals surface area contributed by atoms with Crippen molar-refractivity contribution in [1.82, 2.24) is 0 Å². The van der Waals surface area contributed by atoms with Crippen molar-refractivity contribution in [3.8, 4) is 5.75 Å². The fraction of sp³-hybridized carbons (Fsp3) is 0.278. The number of ether oxygens (including phenoxy) is 2. The first-order valence-corrected chi connectivity index (χ1v) is 7.61. The summed E-state index contributed by atoms with van der Waals surface area (Å²) in [6.45, 7) is 0.428. The van der Waals surface area contributed by atoms with Gasteiger partial charge in [0, 0.05) is 24.9 Å². The van der Waals surface area contributed by atoms with Crippen molar-refractivity contribution in [1.29, 1.82) is 0 Å². The van der Waals surface area contributed by atoms with Crippen LogP contribution in [-0.2, 0) is 16.1 Å². The van der Waals surface area contributed by atoms with Gasteiger partial charge in [-0.2, -0.15) is 0 Å². The van der Waals surface area contributed by atoms with E-state index in [4.69, 9.17) is 15.2 Å². The summed E-state index contributed by atoms with van der Waals surface area (Å²) >= 11 is 0. The molecule has 0 saturated heterocycles. The molecule has 7 heteroatoms. The fourth-order valence-electron chi connectivity index (χ4n) is 2.09. The monoisotopic (exact) mass is 368 g/mol. The summed E-state index contributed by atoms with van der Waals surface area (Å²) in [5, 5.41) is 2.76. The highest BCUT2D eigenvalue weighted by Crippen LogP contribution is 2.18. The van der Waals surface area contributed by atoms with Gasteiger partial charge in [0.15, 0.2) is 0 Å². The van der Waals surface area contributed by atoms with Crippen molar-refractivity contribution in [3.05, 3.63) is 59.9 Å². The highest BCUT2D eigenvalue weighted by Gasteiger charge is 2.11. The third-order valence-electron chi connectivity index (χ3n) is 3.50. The third-order valence-corrected chi connectivity index (χ3v) is 3.50. The second-order valence-corrected chi connectivity index (χ2v) is 5.25. The maximum Gasteiger partial charge on any atom is 0.227 e. The number of anilines is 1. The number of amides is 1. The van der Waals surface area contributed by atoms with E-state index < -0.39 is 0 Å². The second kappa shape index (κ2) is 10.7. The Balaban J connectivity index is 0.00000312. The van der Waals surface area contributed by atoms with E-state index in [9.17, 15) is 9.18 Å². The van der Waals surface area contributed by atoms with Gasteiger partial charge in [-0.3, -0.25) is 4.79 Å². The van der Waals surface area contributed by atoms with E-state index in [1.54, 1.807) is 42.5 Å². The van der Waals surface area contributed by atoms with Gasteiger partial charge in [0.1, 0.15) is 18.2 Å². The molecular weight excluding hydrogens is 347 g/mol. The predicted octanol–water partition coefficient (Wildman–Crippen LogP) is 3.13. The first kappa shape index (κ1) is 20.9. The molecule has 0 aromatic heterocycles. The largest absolute Gasteiger partial charge is 0.489 e. The standard InChI is InChI=1S/C18H21FN2O3.ClH/c1-23-16(11-20)10-18(22)21-14-6-8-15(9-7-14)24-12-13-4-2-3-5-17(13)19;/h2-9,16H,10-12,20H2,1H3,(H,21,22);1H. The number of hydrogen-bond acceptors (Lipinski definition) is 4. The first-order chi connectivity index (χ1) is 11.6. The Morgan fingerprint density at radius 3 is 2.48 bits per heavy atom. The zero-order chi connectivity index (χ0) is 17.4. The third kappa shape index (κ3) is 6.70. The van der Waals surface area contributed by atoms with Gasteiger partial charge in [0.05, 0.1) is 12.5 Å². The minimum Gasteiger partial charge on any atom is -0.489 e. The van der Waals surface area contributed by atoms with Crippen LogP contribution < -0.4 is 15.8 Å². The van der Waals surface area contributed by atoms with Crippen LogP contribution >= 0.6 is 12.4 Å². The molecule has 0 bridgehead atoms. The molecule has 0 radical (unpaired) electrons. The summed E-state index contributed by atoms with van der Waals surface area (Å²) in [6.07, 6.45) is -0.105. The smallest absolute Gasteiger partial charge is 0.227 e. The molecule has 3 N–H and O–H groups in total. The van der Waals surface area contributed by atoms with Gasteiger partial charge in [-0.05, 0) is 30.3 Å². The van der Waals surface area contributed by atoms with Crippen LogP contribution in [0.3, 0.4) is 0 Å². The lowest BCUT2D eigenvalue weighted by Gasteiger charge is -2.13. The molecule has 0 heterocycles. The first-order valence-electron chi connectivity index (χ1n) is 7.61. The highest BCUT2D eigenvalue weighted by atomic mass is 35.5. The summed E-state index contributed by atoms with van der Waals surface area (Å²) in [7, 11) is 1.52. The Morgan fingerprint density at radius 1 is 1.20 bits per heavy atom. The van der Waals surface area contributed by atoms with E-state index in [-0.39, 0.29) is 49.8 Å². The molecule has 2 aromatic carbocycles. The molecule has 25 heavy (non-hydrogen) atoms. The Kier molecular flexibility index (Phi) is 8.91. The molecule has 0 aliphatic rings. The van der Waals surface area contributed by atoms with Gasteiger partial charge in [0.25, 0.3) is 0 Å². The molecule has 2 rings (SSSR count). The van der Waals surface area contributed by atoms with Crippen molar-refractivity contribution in [2.45, 2.75) is 19.1 Å². The molecule has 0 fully saturated rings. The van der Waals surface area contributed by atoms with Crippen LogP contribution in [0.4, 0.5) is 10.1 Å². The van der Waals surface area contributed by atoms with E-state index in [2.05, 4.69) is 5.32 Å². The number of hydrogen-bond donors (Lipinski definition) is 2. The number of nitrogens with two attached hydrogens (primary N) is 1. The zero-order valence-corrected chi connectivity index (χ0v) is 14.7. The minimum absolute atomic E-state index is 0. The Morgan fingerprint density at radius 2 is 1.88 bits per heavy atom. The molecule has 0 aliphatic heterocycles. The van der Waals surface area contributed by atoms with Crippen molar-refractivity contribution in [3.63, 3.8) is 0 Å². The molecule has 5 nitrogen and oxygen atoms in total. The van der Waals surface area contributed by atoms with Crippen molar-refractivity contribution < 1.29 is 18.7 Å². The summed E-state index contributed by atoms with van der Waals surface area (Å²) in [5.41, 5.74) is 6.62. The van der Waals surface area contributed by atoms with E-state index in [0.29, 0.717) is 17.0 Å². The fourth-order valence-corrected chi connectivity index (χ4v) is 2.09. The van der Waals surface area contributed by atoms with Crippen LogP contribution in [0.15, 0.2) is 48.5 Å². The summed E-state index contributed by atoms with van der Waals surface area (Å²) < 4.78 is 24.1. The van der Waals surface area contributed by atoms with E-state index in [0.717, 1.165) is 0 Å². The average Bonchev–Trinajstić information content (AvgIpc) is 2.60. The maximum atomic E-state index is 13.5. The predicted molar refractivity (Wildman–Crippen MR) is 97.5 cm³/mol.